The maximum absolute atomic E-state index is 12.6. The molecule has 1 unspecified atom stereocenters. The number of carbonyl (C=O) groups excluding carboxylic acids is 2. The molecule has 0 saturated heterocycles. The fourth-order valence-electron chi connectivity index (χ4n) is 2.85. The van der Waals surface area contributed by atoms with Crippen LogP contribution in [0.2, 0.25) is 5.02 Å². The summed E-state index contributed by atoms with van der Waals surface area (Å²) in [5.41, 5.74) is 2.68. The third kappa shape index (κ3) is 6.03. The fraction of sp³-hybridized carbons (Fsp3) is 0.167. The van der Waals surface area contributed by atoms with E-state index in [0.29, 0.717) is 27.7 Å². The minimum atomic E-state index is -0.345. The average Bonchev–Trinajstić information content (AvgIpc) is 2.77. The molecule has 0 aliphatic carbocycles. The molecule has 3 aromatic carbocycles. The summed E-state index contributed by atoms with van der Waals surface area (Å²) < 4.78 is 5.17. The molecule has 160 valence electrons. The molecule has 1 atom stereocenters. The van der Waals surface area contributed by atoms with Crippen molar-refractivity contribution in [3.05, 3.63) is 82.9 Å². The van der Waals surface area contributed by atoms with Gasteiger partial charge in [-0.2, -0.15) is 0 Å². The van der Waals surface area contributed by atoms with Gasteiger partial charge < -0.3 is 15.4 Å². The van der Waals surface area contributed by atoms with Gasteiger partial charge in [-0.25, -0.2) is 0 Å². The highest BCUT2D eigenvalue weighted by Crippen LogP contribution is 2.28. The van der Waals surface area contributed by atoms with Crippen LogP contribution < -0.4 is 15.4 Å². The Balaban J connectivity index is 1.64. The zero-order chi connectivity index (χ0) is 22.4. The first-order valence-electron chi connectivity index (χ1n) is 9.65. The lowest BCUT2D eigenvalue weighted by Crippen LogP contribution is -2.22. The molecule has 2 N–H and O–H groups in total. The average molecular weight is 455 g/mol. The molecule has 31 heavy (non-hydrogen) atoms. The van der Waals surface area contributed by atoms with Crippen LogP contribution in [0.15, 0.2) is 71.6 Å². The first-order valence-corrected chi connectivity index (χ1v) is 10.9. The second kappa shape index (κ2) is 10.4. The number of nitrogens with one attached hydrogen (secondary N) is 2. The second-order valence-corrected chi connectivity index (χ2v) is 8.70. The number of hydrogen-bond acceptors (Lipinski definition) is 4. The molecule has 0 fully saturated rings. The van der Waals surface area contributed by atoms with E-state index >= 15 is 0 Å². The highest BCUT2D eigenvalue weighted by Gasteiger charge is 2.16. The Kier molecular flexibility index (Phi) is 7.60. The molecule has 7 heteroatoms. The summed E-state index contributed by atoms with van der Waals surface area (Å²) in [6.45, 7) is 3.70. The van der Waals surface area contributed by atoms with Crippen molar-refractivity contribution in [1.82, 2.24) is 0 Å². The Hall–Kier alpha value is -2.96. The van der Waals surface area contributed by atoms with Crippen LogP contribution in [0.25, 0.3) is 0 Å². The van der Waals surface area contributed by atoms with E-state index in [1.807, 2.05) is 44.2 Å². The van der Waals surface area contributed by atoms with Crippen molar-refractivity contribution >= 4 is 46.6 Å². The smallest absolute Gasteiger partial charge is 0.255 e. The van der Waals surface area contributed by atoms with Crippen LogP contribution >= 0.6 is 23.4 Å². The Morgan fingerprint density at radius 1 is 1.00 bits per heavy atom. The number of methoxy groups -OCH3 is 1. The van der Waals surface area contributed by atoms with Crippen molar-refractivity contribution in [3.8, 4) is 5.75 Å². The van der Waals surface area contributed by atoms with Crippen molar-refractivity contribution in [2.24, 2.45) is 0 Å². The Bertz CT molecular complexity index is 1100. The third-order valence-electron chi connectivity index (χ3n) is 4.63. The highest BCUT2D eigenvalue weighted by atomic mass is 35.5. The SMILES string of the molecule is COc1cccc(C(=O)Nc2cccc(SC(C)C(=O)Nc3cccc(Cl)c3C)c2)c1. The van der Waals surface area contributed by atoms with Gasteiger partial charge in [0.15, 0.2) is 0 Å². The molecule has 0 aromatic heterocycles. The normalized spacial score (nSPS) is 11.5. The Morgan fingerprint density at radius 2 is 1.74 bits per heavy atom. The number of hydrogen-bond donors (Lipinski definition) is 2. The topological polar surface area (TPSA) is 67.4 Å². The van der Waals surface area contributed by atoms with E-state index < -0.39 is 0 Å². The number of halogens is 1. The lowest BCUT2D eigenvalue weighted by Gasteiger charge is -2.15. The molecular formula is C24H23ClN2O3S. The Morgan fingerprint density at radius 3 is 2.52 bits per heavy atom. The van der Waals surface area contributed by atoms with Crippen LogP contribution in [0.1, 0.15) is 22.8 Å². The van der Waals surface area contributed by atoms with Gasteiger partial charge in [0.1, 0.15) is 5.75 Å². The molecule has 0 aliphatic rings. The van der Waals surface area contributed by atoms with Crippen LogP contribution in [0.5, 0.6) is 5.75 Å². The molecule has 2 amide bonds. The van der Waals surface area contributed by atoms with Gasteiger partial charge in [-0.1, -0.05) is 29.8 Å². The minimum Gasteiger partial charge on any atom is -0.497 e. The zero-order valence-electron chi connectivity index (χ0n) is 17.4. The quantitative estimate of drug-likeness (QED) is 0.428. The molecule has 0 aliphatic heterocycles. The van der Waals surface area contributed by atoms with Crippen molar-refractivity contribution < 1.29 is 14.3 Å². The Labute approximate surface area is 191 Å². The number of anilines is 2. The summed E-state index contributed by atoms with van der Waals surface area (Å²) in [5.74, 6) is 0.260. The lowest BCUT2D eigenvalue weighted by molar-refractivity contribution is -0.115. The van der Waals surface area contributed by atoms with E-state index in [-0.39, 0.29) is 17.1 Å². The van der Waals surface area contributed by atoms with E-state index in [1.54, 1.807) is 43.5 Å². The van der Waals surface area contributed by atoms with E-state index in [4.69, 9.17) is 16.3 Å². The summed E-state index contributed by atoms with van der Waals surface area (Å²) in [7, 11) is 1.56. The van der Waals surface area contributed by atoms with Crippen LogP contribution in [0.4, 0.5) is 11.4 Å². The van der Waals surface area contributed by atoms with Gasteiger partial charge in [0.25, 0.3) is 5.91 Å². The molecular weight excluding hydrogens is 432 g/mol. The number of rotatable bonds is 7. The monoisotopic (exact) mass is 454 g/mol. The summed E-state index contributed by atoms with van der Waals surface area (Å²) in [5, 5.41) is 6.07. The van der Waals surface area contributed by atoms with Crippen LogP contribution in [-0.4, -0.2) is 24.2 Å². The summed E-state index contributed by atoms with van der Waals surface area (Å²) in [6.07, 6.45) is 0. The standard InChI is InChI=1S/C24H23ClN2O3S/c1-15-21(25)11-6-12-22(15)27-23(28)16(2)31-20-10-5-8-18(14-20)26-24(29)17-7-4-9-19(13-17)30-3/h4-14,16H,1-3H3,(H,26,29)(H,27,28). The maximum Gasteiger partial charge on any atom is 0.255 e. The molecule has 5 nitrogen and oxygen atoms in total. The van der Waals surface area contributed by atoms with Gasteiger partial charge in [-0.05, 0) is 67.9 Å². The molecule has 0 heterocycles. The van der Waals surface area contributed by atoms with E-state index in [9.17, 15) is 9.59 Å². The predicted octanol–water partition coefficient (Wildman–Crippen LogP) is 6.03. The van der Waals surface area contributed by atoms with Gasteiger partial charge in [-0.15, -0.1) is 11.8 Å². The first-order chi connectivity index (χ1) is 14.9. The summed E-state index contributed by atoms with van der Waals surface area (Å²) in [6, 6.07) is 19.8. The third-order valence-corrected chi connectivity index (χ3v) is 6.13. The van der Waals surface area contributed by atoms with Crippen molar-refractivity contribution in [2.75, 3.05) is 17.7 Å². The molecule has 0 spiro atoms. The molecule has 0 radical (unpaired) electrons. The lowest BCUT2D eigenvalue weighted by atomic mass is 10.2. The summed E-state index contributed by atoms with van der Waals surface area (Å²) in [4.78, 5) is 26.0. The number of amides is 2. The largest absolute Gasteiger partial charge is 0.497 e. The van der Waals surface area contributed by atoms with E-state index in [2.05, 4.69) is 10.6 Å². The second-order valence-electron chi connectivity index (χ2n) is 6.88. The van der Waals surface area contributed by atoms with Crippen LogP contribution in [-0.2, 0) is 4.79 Å². The fourth-order valence-corrected chi connectivity index (χ4v) is 3.95. The predicted molar refractivity (Wildman–Crippen MR) is 128 cm³/mol. The maximum atomic E-state index is 12.6. The van der Waals surface area contributed by atoms with Crippen molar-refractivity contribution in [1.29, 1.82) is 0 Å². The number of ether oxygens (including phenoxy) is 1. The zero-order valence-corrected chi connectivity index (χ0v) is 19.0. The number of carbonyl (C=O) groups is 2. The number of benzene rings is 3. The molecule has 3 aromatic rings. The minimum absolute atomic E-state index is 0.124. The van der Waals surface area contributed by atoms with Crippen molar-refractivity contribution in [2.45, 2.75) is 24.0 Å². The molecule has 0 saturated carbocycles. The molecule has 0 bridgehead atoms. The highest BCUT2D eigenvalue weighted by molar-refractivity contribution is 8.00. The van der Waals surface area contributed by atoms with Crippen LogP contribution in [0, 0.1) is 6.92 Å². The van der Waals surface area contributed by atoms with Gasteiger partial charge in [0.2, 0.25) is 5.91 Å². The van der Waals surface area contributed by atoms with Crippen molar-refractivity contribution in [3.63, 3.8) is 0 Å². The van der Waals surface area contributed by atoms with Gasteiger partial charge >= 0.3 is 0 Å². The summed E-state index contributed by atoms with van der Waals surface area (Å²) >= 11 is 7.54. The number of thioether (sulfide) groups is 1. The van der Waals surface area contributed by atoms with Gasteiger partial charge in [0.05, 0.1) is 12.4 Å². The van der Waals surface area contributed by atoms with E-state index in [0.717, 1.165) is 10.5 Å². The van der Waals surface area contributed by atoms with Crippen LogP contribution in [0.3, 0.4) is 0 Å². The first kappa shape index (κ1) is 22.7. The van der Waals surface area contributed by atoms with Gasteiger partial charge in [-0.3, -0.25) is 9.59 Å². The van der Waals surface area contributed by atoms with Gasteiger partial charge in [0, 0.05) is 26.9 Å². The van der Waals surface area contributed by atoms with E-state index in [1.165, 1.54) is 11.8 Å². The molecule has 3 rings (SSSR count).